The van der Waals surface area contributed by atoms with Crippen molar-refractivity contribution in [3.05, 3.63) is 37.8 Å². The highest BCUT2D eigenvalue weighted by Crippen LogP contribution is 2.25. The van der Waals surface area contributed by atoms with Gasteiger partial charge in [0.05, 0.1) is 11.0 Å². The van der Waals surface area contributed by atoms with Crippen molar-refractivity contribution in [2.75, 3.05) is 0 Å². The molecule has 0 atom stereocenters. The molecular formula is C7H3F2N3O3. The lowest BCUT2D eigenvalue weighted by molar-refractivity contribution is -0.386. The van der Waals surface area contributed by atoms with E-state index < -0.39 is 33.9 Å². The molecule has 0 fully saturated rings. The molecule has 0 unspecified atom stereocenters. The van der Waals surface area contributed by atoms with Crippen LogP contribution in [-0.2, 0) is 0 Å². The van der Waals surface area contributed by atoms with E-state index in [1.165, 1.54) is 6.07 Å². The zero-order chi connectivity index (χ0) is 11.6. The molecule has 0 saturated heterocycles. The number of aromatic amines is 1. The second-order valence-electron chi connectivity index (χ2n) is 2.48. The third kappa shape index (κ3) is 1.96. The molecule has 0 saturated carbocycles. The van der Waals surface area contributed by atoms with E-state index in [-0.39, 0.29) is 0 Å². The minimum atomic E-state index is -3.26. The first-order valence-electron chi connectivity index (χ1n) is 3.57. The number of halogens is 2. The summed E-state index contributed by atoms with van der Waals surface area (Å²) in [6.45, 7) is 0. The Kier molecular flexibility index (Phi) is 2.75. The summed E-state index contributed by atoms with van der Waals surface area (Å²) < 4.78 is 24.6. The number of pyridine rings is 1. The van der Waals surface area contributed by atoms with Gasteiger partial charge in [-0.1, -0.05) is 0 Å². The van der Waals surface area contributed by atoms with Gasteiger partial charge in [0.15, 0.2) is 5.56 Å². The van der Waals surface area contributed by atoms with Crippen molar-refractivity contribution in [2.45, 2.75) is 6.43 Å². The Labute approximate surface area is 80.9 Å². The van der Waals surface area contributed by atoms with Gasteiger partial charge < -0.3 is 4.98 Å². The highest BCUT2D eigenvalue weighted by molar-refractivity contribution is 5.43. The first-order valence-corrected chi connectivity index (χ1v) is 3.57. The fraction of sp³-hybridized carbons (Fsp3) is 0.143. The van der Waals surface area contributed by atoms with Gasteiger partial charge in [0.1, 0.15) is 11.8 Å². The van der Waals surface area contributed by atoms with Crippen LogP contribution in [0.4, 0.5) is 14.5 Å². The van der Waals surface area contributed by atoms with Gasteiger partial charge in [-0.2, -0.15) is 5.26 Å². The van der Waals surface area contributed by atoms with Gasteiger partial charge in [0.25, 0.3) is 17.7 Å². The number of alkyl halides is 2. The van der Waals surface area contributed by atoms with Crippen LogP contribution < -0.4 is 5.56 Å². The smallest absolute Gasteiger partial charge is 0.286 e. The molecule has 0 aliphatic carbocycles. The zero-order valence-corrected chi connectivity index (χ0v) is 7.03. The summed E-state index contributed by atoms with van der Waals surface area (Å²) in [5, 5.41) is 18.7. The second kappa shape index (κ2) is 3.83. The summed E-state index contributed by atoms with van der Waals surface area (Å²) in [6.07, 6.45) is -3.26. The molecule has 1 aromatic heterocycles. The number of nitrogens with zero attached hydrogens (tertiary/aromatic N) is 2. The molecule has 0 aliphatic rings. The molecule has 6 nitrogen and oxygen atoms in total. The Hall–Kier alpha value is -2.30. The molecule has 0 spiro atoms. The van der Waals surface area contributed by atoms with E-state index >= 15 is 0 Å². The molecule has 0 aliphatic heterocycles. The standard InChI is InChI=1S/C7H3F2N3O3/c8-6(9)5-4(12(14)15)1-3(2-10)11-7(5)13/h1,6H,(H,11,13). The lowest BCUT2D eigenvalue weighted by Gasteiger charge is -2.00. The molecule has 0 amide bonds. The predicted octanol–water partition coefficient (Wildman–Crippen LogP) is 1.09. The normalized spacial score (nSPS) is 10.0. The number of nitriles is 1. The first-order chi connectivity index (χ1) is 6.97. The first kappa shape index (κ1) is 10.8. The maximum absolute atomic E-state index is 12.3. The Bertz CT molecular complexity index is 503. The summed E-state index contributed by atoms with van der Waals surface area (Å²) in [5.74, 6) is 0. The Morgan fingerprint density at radius 2 is 2.20 bits per heavy atom. The maximum atomic E-state index is 12.3. The number of nitro groups is 1. The lowest BCUT2D eigenvalue weighted by Crippen LogP contribution is -2.16. The summed E-state index contributed by atoms with van der Waals surface area (Å²) in [5.41, 5.74) is -4.05. The molecule has 8 heteroatoms. The van der Waals surface area contributed by atoms with Crippen molar-refractivity contribution in [1.29, 1.82) is 5.26 Å². The molecule has 15 heavy (non-hydrogen) atoms. The van der Waals surface area contributed by atoms with Crippen LogP contribution in [0.15, 0.2) is 10.9 Å². The van der Waals surface area contributed by atoms with Crippen molar-refractivity contribution < 1.29 is 13.7 Å². The van der Waals surface area contributed by atoms with Gasteiger partial charge in [-0.05, 0) is 0 Å². The molecule has 1 heterocycles. The van der Waals surface area contributed by atoms with Crippen LogP contribution >= 0.6 is 0 Å². The molecule has 78 valence electrons. The van der Waals surface area contributed by atoms with Gasteiger partial charge in [-0.15, -0.1) is 0 Å². The average molecular weight is 215 g/mol. The van der Waals surface area contributed by atoms with E-state index in [0.29, 0.717) is 6.07 Å². The van der Waals surface area contributed by atoms with E-state index in [0.717, 1.165) is 0 Å². The van der Waals surface area contributed by atoms with Crippen LogP contribution in [0, 0.1) is 21.4 Å². The van der Waals surface area contributed by atoms with Crippen molar-refractivity contribution in [3.8, 4) is 6.07 Å². The molecule has 1 rings (SSSR count). The Balaban J connectivity index is 3.59. The SMILES string of the molecule is N#Cc1cc([N+](=O)[O-])c(C(F)F)c(=O)[nH]1. The van der Waals surface area contributed by atoms with E-state index in [9.17, 15) is 23.7 Å². The van der Waals surface area contributed by atoms with Crippen LogP contribution in [0.5, 0.6) is 0 Å². The van der Waals surface area contributed by atoms with Crippen molar-refractivity contribution in [2.24, 2.45) is 0 Å². The van der Waals surface area contributed by atoms with E-state index in [4.69, 9.17) is 5.26 Å². The molecule has 1 aromatic rings. The second-order valence-corrected chi connectivity index (χ2v) is 2.48. The topological polar surface area (TPSA) is 99.8 Å². The fourth-order valence-corrected chi connectivity index (χ4v) is 0.979. The molecule has 0 aromatic carbocycles. The predicted molar refractivity (Wildman–Crippen MR) is 43.4 cm³/mol. The molecule has 1 N–H and O–H groups in total. The van der Waals surface area contributed by atoms with Crippen molar-refractivity contribution >= 4 is 5.69 Å². The minimum absolute atomic E-state index is 0.434. The number of rotatable bonds is 2. The summed E-state index contributed by atoms with van der Waals surface area (Å²) in [7, 11) is 0. The third-order valence-electron chi connectivity index (χ3n) is 1.59. The monoisotopic (exact) mass is 215 g/mol. The number of aromatic nitrogens is 1. The van der Waals surface area contributed by atoms with Crippen LogP contribution in [-0.4, -0.2) is 9.91 Å². The number of hydrogen-bond acceptors (Lipinski definition) is 4. The van der Waals surface area contributed by atoms with Gasteiger partial charge in [0, 0.05) is 0 Å². The highest BCUT2D eigenvalue weighted by Gasteiger charge is 2.26. The number of H-pyrrole nitrogens is 1. The summed E-state index contributed by atoms with van der Waals surface area (Å²) in [6, 6.07) is 2.02. The maximum Gasteiger partial charge on any atom is 0.286 e. The summed E-state index contributed by atoms with van der Waals surface area (Å²) in [4.78, 5) is 22.0. The molecule has 0 radical (unpaired) electrons. The van der Waals surface area contributed by atoms with Crippen LogP contribution in [0.2, 0.25) is 0 Å². The van der Waals surface area contributed by atoms with Gasteiger partial charge >= 0.3 is 0 Å². The van der Waals surface area contributed by atoms with Crippen LogP contribution in [0.1, 0.15) is 17.7 Å². The third-order valence-corrected chi connectivity index (χ3v) is 1.59. The quantitative estimate of drug-likeness (QED) is 0.589. The van der Waals surface area contributed by atoms with Gasteiger partial charge in [0.2, 0.25) is 0 Å². The van der Waals surface area contributed by atoms with Gasteiger partial charge in [-0.25, -0.2) is 8.78 Å². The van der Waals surface area contributed by atoms with E-state index in [1.54, 1.807) is 4.98 Å². The van der Waals surface area contributed by atoms with E-state index in [1.807, 2.05) is 0 Å². The van der Waals surface area contributed by atoms with Crippen molar-refractivity contribution in [3.63, 3.8) is 0 Å². The Morgan fingerprint density at radius 3 is 2.60 bits per heavy atom. The van der Waals surface area contributed by atoms with Gasteiger partial charge in [-0.3, -0.25) is 14.9 Å². The van der Waals surface area contributed by atoms with Crippen LogP contribution in [0.3, 0.4) is 0 Å². The van der Waals surface area contributed by atoms with E-state index in [2.05, 4.69) is 0 Å². The molecular weight excluding hydrogens is 212 g/mol. The zero-order valence-electron chi connectivity index (χ0n) is 7.03. The van der Waals surface area contributed by atoms with Crippen LogP contribution in [0.25, 0.3) is 0 Å². The Morgan fingerprint density at radius 1 is 1.60 bits per heavy atom. The molecule has 0 bridgehead atoms. The van der Waals surface area contributed by atoms with Crippen molar-refractivity contribution in [1.82, 2.24) is 4.98 Å². The fourth-order valence-electron chi connectivity index (χ4n) is 0.979. The number of hydrogen-bond donors (Lipinski definition) is 1. The average Bonchev–Trinajstić information content (AvgIpc) is 2.15. The lowest BCUT2D eigenvalue weighted by atomic mass is 10.2. The largest absolute Gasteiger partial charge is 0.313 e. The highest BCUT2D eigenvalue weighted by atomic mass is 19.3. The summed E-state index contributed by atoms with van der Waals surface area (Å²) >= 11 is 0. The minimum Gasteiger partial charge on any atom is -0.313 e. The number of nitrogens with one attached hydrogen (secondary N) is 1.